The first kappa shape index (κ1) is 16.3. The quantitative estimate of drug-likeness (QED) is 0.722. The molecule has 0 aromatic rings. The van der Waals surface area contributed by atoms with Crippen molar-refractivity contribution in [1.82, 2.24) is 5.32 Å². The van der Waals surface area contributed by atoms with Crippen LogP contribution in [0, 0.1) is 11.8 Å². The van der Waals surface area contributed by atoms with Crippen LogP contribution in [0.15, 0.2) is 0 Å². The van der Waals surface area contributed by atoms with Gasteiger partial charge in [0.2, 0.25) is 0 Å². The molecule has 0 radical (unpaired) electrons. The fourth-order valence-electron chi connectivity index (χ4n) is 4.12. The molecule has 0 bridgehead atoms. The molecule has 0 amide bonds. The normalized spacial score (nSPS) is 38.9. The van der Waals surface area contributed by atoms with Gasteiger partial charge in [-0.05, 0) is 63.3 Å². The summed E-state index contributed by atoms with van der Waals surface area (Å²) in [6, 6.07) is 0. The van der Waals surface area contributed by atoms with Crippen LogP contribution in [0.2, 0.25) is 0 Å². The van der Waals surface area contributed by atoms with Gasteiger partial charge in [-0.15, -0.1) is 0 Å². The first-order valence-electron chi connectivity index (χ1n) is 9.02. The van der Waals surface area contributed by atoms with Crippen molar-refractivity contribution in [3.05, 3.63) is 0 Å². The Labute approximate surface area is 126 Å². The van der Waals surface area contributed by atoms with Crippen molar-refractivity contribution >= 4 is 0 Å². The average Bonchev–Trinajstić information content (AvgIpc) is 2.42. The highest BCUT2D eigenvalue weighted by molar-refractivity contribution is 4.90. The SMILES string of the molecule is CCCNCC1(OC2CCC(C)CC2)CCCC(C)C1. The highest BCUT2D eigenvalue weighted by atomic mass is 16.5. The zero-order valence-electron chi connectivity index (χ0n) is 13.9. The molecule has 0 aliphatic heterocycles. The summed E-state index contributed by atoms with van der Waals surface area (Å²) in [7, 11) is 0. The van der Waals surface area contributed by atoms with Gasteiger partial charge in [-0.3, -0.25) is 0 Å². The predicted octanol–water partition coefficient (Wildman–Crippen LogP) is 4.53. The Hall–Kier alpha value is -0.0800. The first-order valence-corrected chi connectivity index (χ1v) is 9.02. The van der Waals surface area contributed by atoms with Crippen LogP contribution in [-0.2, 0) is 4.74 Å². The number of nitrogens with one attached hydrogen (secondary N) is 1. The van der Waals surface area contributed by atoms with Crippen LogP contribution in [0.4, 0.5) is 0 Å². The van der Waals surface area contributed by atoms with Crippen LogP contribution >= 0.6 is 0 Å². The van der Waals surface area contributed by atoms with Crippen LogP contribution < -0.4 is 5.32 Å². The monoisotopic (exact) mass is 281 g/mol. The van der Waals surface area contributed by atoms with Gasteiger partial charge in [0.05, 0.1) is 11.7 Å². The van der Waals surface area contributed by atoms with Gasteiger partial charge in [-0.25, -0.2) is 0 Å². The summed E-state index contributed by atoms with van der Waals surface area (Å²) in [5.41, 5.74) is 0.137. The van der Waals surface area contributed by atoms with Crippen LogP contribution in [-0.4, -0.2) is 24.8 Å². The number of ether oxygens (including phenoxy) is 1. The fraction of sp³-hybridized carbons (Fsp3) is 1.00. The van der Waals surface area contributed by atoms with E-state index >= 15 is 0 Å². The van der Waals surface area contributed by atoms with Crippen molar-refractivity contribution in [2.75, 3.05) is 13.1 Å². The molecule has 20 heavy (non-hydrogen) atoms. The number of hydrogen-bond donors (Lipinski definition) is 1. The molecule has 2 atom stereocenters. The summed E-state index contributed by atoms with van der Waals surface area (Å²) in [6.07, 6.45) is 12.3. The minimum Gasteiger partial charge on any atom is -0.370 e. The van der Waals surface area contributed by atoms with Gasteiger partial charge >= 0.3 is 0 Å². The van der Waals surface area contributed by atoms with E-state index in [0.717, 1.165) is 24.9 Å². The van der Waals surface area contributed by atoms with Crippen molar-refractivity contribution < 1.29 is 4.74 Å². The Kier molecular flexibility index (Phi) is 6.35. The molecule has 0 aromatic carbocycles. The van der Waals surface area contributed by atoms with Crippen molar-refractivity contribution in [2.24, 2.45) is 11.8 Å². The smallest absolute Gasteiger partial charge is 0.0812 e. The van der Waals surface area contributed by atoms with Crippen LogP contribution in [0.1, 0.15) is 78.6 Å². The van der Waals surface area contributed by atoms with Crippen LogP contribution in [0.5, 0.6) is 0 Å². The second-order valence-corrected chi connectivity index (χ2v) is 7.56. The van der Waals surface area contributed by atoms with Gasteiger partial charge in [0.15, 0.2) is 0 Å². The number of rotatable bonds is 6. The molecule has 2 aliphatic carbocycles. The lowest BCUT2D eigenvalue weighted by molar-refractivity contribution is -0.132. The maximum Gasteiger partial charge on any atom is 0.0812 e. The third-order valence-electron chi connectivity index (χ3n) is 5.30. The highest BCUT2D eigenvalue weighted by Crippen LogP contribution is 2.38. The summed E-state index contributed by atoms with van der Waals surface area (Å²) in [5.74, 6) is 1.74. The molecule has 0 aromatic heterocycles. The summed E-state index contributed by atoms with van der Waals surface area (Å²) in [4.78, 5) is 0. The lowest BCUT2D eigenvalue weighted by Crippen LogP contribution is -2.49. The zero-order chi connectivity index (χ0) is 14.4. The molecule has 2 unspecified atom stereocenters. The van der Waals surface area contributed by atoms with Crippen LogP contribution in [0.3, 0.4) is 0 Å². The molecule has 2 saturated carbocycles. The zero-order valence-corrected chi connectivity index (χ0v) is 13.9. The topological polar surface area (TPSA) is 21.3 Å². The average molecular weight is 281 g/mol. The first-order chi connectivity index (χ1) is 9.63. The van der Waals surface area contributed by atoms with E-state index in [1.54, 1.807) is 0 Å². The Morgan fingerprint density at radius 3 is 2.45 bits per heavy atom. The van der Waals surface area contributed by atoms with Crippen LogP contribution in [0.25, 0.3) is 0 Å². The molecule has 1 N–H and O–H groups in total. The molecule has 0 spiro atoms. The van der Waals surface area contributed by atoms with E-state index in [4.69, 9.17) is 4.74 Å². The highest BCUT2D eigenvalue weighted by Gasteiger charge is 2.38. The van der Waals surface area contributed by atoms with Gasteiger partial charge in [-0.1, -0.05) is 33.6 Å². The van der Waals surface area contributed by atoms with E-state index < -0.39 is 0 Å². The Morgan fingerprint density at radius 1 is 1.05 bits per heavy atom. The second kappa shape index (κ2) is 7.79. The van der Waals surface area contributed by atoms with Crippen molar-refractivity contribution in [1.29, 1.82) is 0 Å². The van der Waals surface area contributed by atoms with E-state index in [9.17, 15) is 0 Å². The summed E-state index contributed by atoms with van der Waals surface area (Å²) in [6.45, 7) is 9.22. The fourth-order valence-corrected chi connectivity index (χ4v) is 4.12. The minimum absolute atomic E-state index is 0.137. The Morgan fingerprint density at radius 2 is 1.80 bits per heavy atom. The van der Waals surface area contributed by atoms with Gasteiger partial charge in [0.1, 0.15) is 0 Å². The third-order valence-corrected chi connectivity index (χ3v) is 5.30. The molecule has 0 saturated heterocycles. The molecule has 2 fully saturated rings. The summed E-state index contributed by atoms with van der Waals surface area (Å²) >= 11 is 0. The van der Waals surface area contributed by atoms with Crippen molar-refractivity contribution in [3.8, 4) is 0 Å². The minimum atomic E-state index is 0.137. The molecule has 0 heterocycles. The second-order valence-electron chi connectivity index (χ2n) is 7.56. The molecule has 2 aliphatic rings. The lowest BCUT2D eigenvalue weighted by Gasteiger charge is -2.44. The van der Waals surface area contributed by atoms with Gasteiger partial charge in [-0.2, -0.15) is 0 Å². The van der Waals surface area contributed by atoms with Crippen molar-refractivity contribution in [2.45, 2.75) is 90.3 Å². The lowest BCUT2D eigenvalue weighted by atomic mass is 9.78. The molecule has 2 heteroatoms. The molecule has 2 rings (SSSR count). The molecular weight excluding hydrogens is 246 g/mol. The molecule has 118 valence electrons. The maximum atomic E-state index is 6.72. The van der Waals surface area contributed by atoms with Gasteiger partial charge in [0, 0.05) is 6.54 Å². The predicted molar refractivity (Wildman–Crippen MR) is 86.0 cm³/mol. The van der Waals surface area contributed by atoms with Gasteiger partial charge in [0.25, 0.3) is 0 Å². The number of hydrogen-bond acceptors (Lipinski definition) is 2. The Bertz CT molecular complexity index is 273. The van der Waals surface area contributed by atoms with E-state index in [1.165, 1.54) is 57.8 Å². The molecule has 2 nitrogen and oxygen atoms in total. The Balaban J connectivity index is 1.91. The summed E-state index contributed by atoms with van der Waals surface area (Å²) < 4.78 is 6.72. The van der Waals surface area contributed by atoms with Gasteiger partial charge < -0.3 is 10.1 Å². The molecular formula is C18H35NO. The van der Waals surface area contributed by atoms with E-state index in [-0.39, 0.29) is 5.60 Å². The standard InChI is InChI=1S/C18H35NO/c1-4-12-19-14-18(11-5-6-16(3)13-18)20-17-9-7-15(2)8-10-17/h15-17,19H,4-14H2,1-3H3. The van der Waals surface area contributed by atoms with E-state index in [2.05, 4.69) is 26.1 Å². The van der Waals surface area contributed by atoms with Crippen molar-refractivity contribution in [3.63, 3.8) is 0 Å². The largest absolute Gasteiger partial charge is 0.370 e. The summed E-state index contributed by atoms with van der Waals surface area (Å²) in [5, 5.41) is 3.64. The maximum absolute atomic E-state index is 6.72. The third kappa shape index (κ3) is 4.73. The van der Waals surface area contributed by atoms with E-state index in [1.807, 2.05) is 0 Å². The van der Waals surface area contributed by atoms with E-state index in [0.29, 0.717) is 6.10 Å².